The number of carbonyl (C=O) groups is 1. The first-order valence-corrected chi connectivity index (χ1v) is 11.4. The molecule has 0 N–H and O–H groups in total. The van der Waals surface area contributed by atoms with E-state index in [1.165, 1.54) is 24.3 Å². The van der Waals surface area contributed by atoms with Gasteiger partial charge in [-0.05, 0) is 60.9 Å². The Bertz CT molecular complexity index is 1070. The molecule has 0 saturated heterocycles. The van der Waals surface area contributed by atoms with E-state index >= 15 is 0 Å². The lowest BCUT2D eigenvalue weighted by Crippen LogP contribution is -2.34. The predicted octanol–water partition coefficient (Wildman–Crippen LogP) is 4.45. The van der Waals surface area contributed by atoms with Gasteiger partial charge < -0.3 is 9.64 Å². The van der Waals surface area contributed by atoms with E-state index in [1.807, 2.05) is 0 Å². The fourth-order valence-corrected chi connectivity index (χ4v) is 4.19. The molecule has 2 aromatic rings. The van der Waals surface area contributed by atoms with Gasteiger partial charge >= 0.3 is 6.61 Å². The summed E-state index contributed by atoms with van der Waals surface area (Å²) in [5.41, 5.74) is 1.76. The number of alkyl halides is 2. The molecule has 9 heteroatoms. The Kier molecular flexibility index (Phi) is 6.38. The standard InChI is InChI=1S/C20H18BrF2NO4S/c1-29(26,27)16-6-7-17-13(12-16)3-2-10-24(17)19(25)9-4-14-11-15(21)5-8-18(14)28-20(22)23/h4-9,11-12,20H,2-3,10H2,1H3. The Morgan fingerprint density at radius 1 is 1.24 bits per heavy atom. The summed E-state index contributed by atoms with van der Waals surface area (Å²) in [6.45, 7) is -2.50. The van der Waals surface area contributed by atoms with Crippen molar-refractivity contribution < 1.29 is 26.7 Å². The first-order chi connectivity index (χ1) is 13.6. The van der Waals surface area contributed by atoms with Crippen LogP contribution in [0.25, 0.3) is 6.08 Å². The summed E-state index contributed by atoms with van der Waals surface area (Å²) in [6, 6.07) is 9.23. The van der Waals surface area contributed by atoms with E-state index in [0.717, 1.165) is 11.8 Å². The molecule has 0 aliphatic carbocycles. The quantitative estimate of drug-likeness (QED) is 0.587. The Morgan fingerprint density at radius 3 is 2.69 bits per heavy atom. The summed E-state index contributed by atoms with van der Waals surface area (Å²) in [7, 11) is -3.34. The number of benzene rings is 2. The normalized spacial score (nSPS) is 14.3. The number of aryl methyl sites for hydroxylation is 1. The van der Waals surface area contributed by atoms with Crippen molar-refractivity contribution in [2.75, 3.05) is 17.7 Å². The zero-order valence-corrected chi connectivity index (χ0v) is 17.8. The van der Waals surface area contributed by atoms with Crippen LogP contribution < -0.4 is 9.64 Å². The lowest BCUT2D eigenvalue weighted by Gasteiger charge is -2.29. The molecule has 0 bridgehead atoms. The molecule has 1 aliphatic rings. The highest BCUT2D eigenvalue weighted by Gasteiger charge is 2.22. The molecule has 154 valence electrons. The van der Waals surface area contributed by atoms with Crippen LogP contribution in [0.3, 0.4) is 0 Å². The van der Waals surface area contributed by atoms with Crippen molar-refractivity contribution >= 4 is 43.4 Å². The zero-order chi connectivity index (χ0) is 21.2. The van der Waals surface area contributed by atoms with Gasteiger partial charge in [0, 0.05) is 34.6 Å². The Balaban J connectivity index is 1.87. The molecule has 0 saturated carbocycles. The van der Waals surface area contributed by atoms with E-state index in [9.17, 15) is 22.0 Å². The number of hydrogen-bond acceptors (Lipinski definition) is 4. The summed E-state index contributed by atoms with van der Waals surface area (Å²) in [5.74, 6) is -0.370. The molecule has 29 heavy (non-hydrogen) atoms. The molecule has 1 amide bonds. The fraction of sp³-hybridized carbons (Fsp3) is 0.250. The molecule has 0 aromatic heterocycles. The van der Waals surface area contributed by atoms with Gasteiger partial charge in [-0.1, -0.05) is 15.9 Å². The topological polar surface area (TPSA) is 63.7 Å². The SMILES string of the molecule is CS(=O)(=O)c1ccc2c(c1)CCCN2C(=O)C=Cc1cc(Br)ccc1OC(F)F. The monoisotopic (exact) mass is 485 g/mol. The van der Waals surface area contributed by atoms with E-state index in [2.05, 4.69) is 20.7 Å². The highest BCUT2D eigenvalue weighted by Crippen LogP contribution is 2.30. The second-order valence-corrected chi connectivity index (χ2v) is 9.48. The number of hydrogen-bond donors (Lipinski definition) is 0. The minimum Gasteiger partial charge on any atom is -0.434 e. The van der Waals surface area contributed by atoms with Gasteiger partial charge in [-0.3, -0.25) is 4.79 Å². The van der Waals surface area contributed by atoms with Crippen molar-refractivity contribution in [1.82, 2.24) is 0 Å². The van der Waals surface area contributed by atoms with E-state index in [0.29, 0.717) is 35.1 Å². The summed E-state index contributed by atoms with van der Waals surface area (Å²) in [6.07, 6.45) is 5.21. The van der Waals surface area contributed by atoms with Crippen LogP contribution in [0.15, 0.2) is 51.8 Å². The van der Waals surface area contributed by atoms with Crippen molar-refractivity contribution in [3.63, 3.8) is 0 Å². The third-order valence-electron chi connectivity index (χ3n) is 4.46. The summed E-state index contributed by atoms with van der Waals surface area (Å²) >= 11 is 3.27. The predicted molar refractivity (Wildman–Crippen MR) is 110 cm³/mol. The number of rotatable bonds is 5. The van der Waals surface area contributed by atoms with Crippen LogP contribution in [-0.2, 0) is 21.1 Å². The van der Waals surface area contributed by atoms with Gasteiger partial charge in [0.1, 0.15) is 5.75 Å². The molecule has 1 aliphatic heterocycles. The number of amides is 1. The van der Waals surface area contributed by atoms with Crippen molar-refractivity contribution in [3.8, 4) is 5.75 Å². The van der Waals surface area contributed by atoms with Gasteiger partial charge in [-0.25, -0.2) is 8.42 Å². The minimum atomic E-state index is -3.34. The van der Waals surface area contributed by atoms with Crippen LogP contribution in [0.4, 0.5) is 14.5 Å². The van der Waals surface area contributed by atoms with Crippen molar-refractivity contribution in [1.29, 1.82) is 0 Å². The van der Waals surface area contributed by atoms with Crippen LogP contribution in [0.2, 0.25) is 0 Å². The van der Waals surface area contributed by atoms with Gasteiger partial charge in [-0.2, -0.15) is 8.78 Å². The zero-order valence-electron chi connectivity index (χ0n) is 15.4. The van der Waals surface area contributed by atoms with Gasteiger partial charge in [0.15, 0.2) is 9.84 Å². The molecular weight excluding hydrogens is 468 g/mol. The average Bonchev–Trinajstić information content (AvgIpc) is 2.66. The summed E-state index contributed by atoms with van der Waals surface area (Å²) in [5, 5.41) is 0. The maximum absolute atomic E-state index is 12.8. The van der Waals surface area contributed by atoms with Gasteiger partial charge in [-0.15, -0.1) is 0 Å². The fourth-order valence-electron chi connectivity index (χ4n) is 3.14. The van der Waals surface area contributed by atoms with E-state index in [4.69, 9.17) is 0 Å². The first kappa shape index (κ1) is 21.4. The number of nitrogens with zero attached hydrogens (tertiary/aromatic N) is 1. The lowest BCUT2D eigenvalue weighted by atomic mass is 10.0. The third kappa shape index (κ3) is 5.22. The Labute approximate surface area is 176 Å². The molecule has 3 rings (SSSR count). The third-order valence-corrected chi connectivity index (χ3v) is 6.06. The Morgan fingerprint density at radius 2 is 2.00 bits per heavy atom. The molecule has 0 unspecified atom stereocenters. The molecular formula is C20H18BrF2NO4S. The maximum Gasteiger partial charge on any atom is 0.387 e. The number of sulfone groups is 1. The lowest BCUT2D eigenvalue weighted by molar-refractivity contribution is -0.114. The smallest absolute Gasteiger partial charge is 0.387 e. The second kappa shape index (κ2) is 8.62. The second-order valence-electron chi connectivity index (χ2n) is 6.55. The van der Waals surface area contributed by atoms with E-state index in [-0.39, 0.29) is 16.6 Å². The molecule has 0 radical (unpaired) electrons. The number of fused-ring (bicyclic) bond motifs is 1. The van der Waals surface area contributed by atoms with E-state index in [1.54, 1.807) is 29.2 Å². The van der Waals surface area contributed by atoms with Gasteiger partial charge in [0.2, 0.25) is 0 Å². The molecule has 0 atom stereocenters. The van der Waals surface area contributed by atoms with Crippen LogP contribution in [-0.4, -0.2) is 33.7 Å². The molecule has 0 fully saturated rings. The van der Waals surface area contributed by atoms with Gasteiger partial charge in [0.25, 0.3) is 5.91 Å². The maximum atomic E-state index is 12.8. The summed E-state index contributed by atoms with van der Waals surface area (Å²) < 4.78 is 53.9. The van der Waals surface area contributed by atoms with E-state index < -0.39 is 16.4 Å². The molecule has 5 nitrogen and oxygen atoms in total. The number of anilines is 1. The molecule has 1 heterocycles. The number of carbonyl (C=O) groups excluding carboxylic acids is 1. The van der Waals surface area contributed by atoms with Crippen LogP contribution in [0, 0.1) is 0 Å². The number of ether oxygens (including phenoxy) is 1. The first-order valence-electron chi connectivity index (χ1n) is 8.72. The van der Waals surface area contributed by atoms with Crippen molar-refractivity contribution in [2.45, 2.75) is 24.3 Å². The van der Waals surface area contributed by atoms with Crippen LogP contribution >= 0.6 is 15.9 Å². The highest BCUT2D eigenvalue weighted by molar-refractivity contribution is 9.10. The minimum absolute atomic E-state index is 0.0379. The van der Waals surface area contributed by atoms with Crippen molar-refractivity contribution in [3.05, 3.63) is 58.1 Å². The summed E-state index contributed by atoms with van der Waals surface area (Å²) in [4.78, 5) is 14.5. The number of halogens is 3. The Hall–Kier alpha value is -2.26. The van der Waals surface area contributed by atoms with Gasteiger partial charge in [0.05, 0.1) is 4.90 Å². The molecule has 2 aromatic carbocycles. The molecule has 0 spiro atoms. The van der Waals surface area contributed by atoms with Crippen molar-refractivity contribution in [2.24, 2.45) is 0 Å². The highest BCUT2D eigenvalue weighted by atomic mass is 79.9. The largest absolute Gasteiger partial charge is 0.434 e. The average molecular weight is 486 g/mol. The van der Waals surface area contributed by atoms with Crippen LogP contribution in [0.1, 0.15) is 17.5 Å². The van der Waals surface area contributed by atoms with Crippen LogP contribution in [0.5, 0.6) is 5.75 Å².